The SMILES string of the molecule is COCCC(=O)NCCNC(=O)COc1ccc(C)cc1C(C)(C)C. The first-order valence-electron chi connectivity index (χ1n) is 8.50. The van der Waals surface area contributed by atoms with Gasteiger partial charge in [0.05, 0.1) is 6.61 Å². The lowest BCUT2D eigenvalue weighted by Gasteiger charge is -2.23. The van der Waals surface area contributed by atoms with Gasteiger partial charge in [-0.2, -0.15) is 0 Å². The Morgan fingerprint density at radius 1 is 1.08 bits per heavy atom. The molecule has 0 aromatic heterocycles. The van der Waals surface area contributed by atoms with Crippen molar-refractivity contribution in [3.8, 4) is 5.75 Å². The summed E-state index contributed by atoms with van der Waals surface area (Å²) in [6.07, 6.45) is 0.316. The molecule has 0 saturated carbocycles. The summed E-state index contributed by atoms with van der Waals surface area (Å²) in [5, 5.41) is 5.43. The summed E-state index contributed by atoms with van der Waals surface area (Å²) in [6.45, 7) is 9.45. The molecule has 1 aromatic rings. The Balaban J connectivity index is 2.39. The maximum absolute atomic E-state index is 11.9. The monoisotopic (exact) mass is 350 g/mol. The molecular formula is C19H30N2O4. The van der Waals surface area contributed by atoms with E-state index in [1.807, 2.05) is 19.1 Å². The number of carbonyl (C=O) groups excluding carboxylic acids is 2. The van der Waals surface area contributed by atoms with Crippen LogP contribution in [0, 0.1) is 6.92 Å². The molecule has 1 rings (SSSR count). The van der Waals surface area contributed by atoms with Gasteiger partial charge in [0.25, 0.3) is 5.91 Å². The predicted molar refractivity (Wildman–Crippen MR) is 97.9 cm³/mol. The van der Waals surface area contributed by atoms with Gasteiger partial charge >= 0.3 is 0 Å². The zero-order valence-corrected chi connectivity index (χ0v) is 15.9. The zero-order chi connectivity index (χ0) is 18.9. The minimum absolute atomic E-state index is 0.0518. The topological polar surface area (TPSA) is 76.7 Å². The zero-order valence-electron chi connectivity index (χ0n) is 15.9. The van der Waals surface area contributed by atoms with Crippen molar-refractivity contribution in [1.82, 2.24) is 10.6 Å². The number of hydrogen-bond acceptors (Lipinski definition) is 4. The second-order valence-corrected chi connectivity index (χ2v) is 6.98. The van der Waals surface area contributed by atoms with E-state index in [-0.39, 0.29) is 23.8 Å². The van der Waals surface area contributed by atoms with Crippen molar-refractivity contribution < 1.29 is 19.1 Å². The largest absolute Gasteiger partial charge is 0.483 e. The highest BCUT2D eigenvalue weighted by molar-refractivity contribution is 5.78. The van der Waals surface area contributed by atoms with Crippen molar-refractivity contribution >= 4 is 11.8 Å². The fraction of sp³-hybridized carbons (Fsp3) is 0.579. The van der Waals surface area contributed by atoms with E-state index in [1.54, 1.807) is 7.11 Å². The van der Waals surface area contributed by atoms with Crippen molar-refractivity contribution in [2.75, 3.05) is 33.4 Å². The molecule has 0 bridgehead atoms. The minimum Gasteiger partial charge on any atom is -0.483 e. The fourth-order valence-electron chi connectivity index (χ4n) is 2.24. The highest BCUT2D eigenvalue weighted by atomic mass is 16.5. The number of aryl methyl sites for hydroxylation is 1. The van der Waals surface area contributed by atoms with Crippen molar-refractivity contribution in [3.63, 3.8) is 0 Å². The standard InChI is InChI=1S/C19H30N2O4/c1-14-6-7-16(15(12-14)19(2,3)4)25-13-18(23)21-10-9-20-17(22)8-11-24-5/h6-7,12H,8-11,13H2,1-5H3,(H,20,22)(H,21,23). The summed E-state index contributed by atoms with van der Waals surface area (Å²) in [6, 6.07) is 5.96. The number of carbonyl (C=O) groups is 2. The number of nitrogens with one attached hydrogen (secondary N) is 2. The van der Waals surface area contributed by atoms with Crippen LogP contribution >= 0.6 is 0 Å². The van der Waals surface area contributed by atoms with E-state index in [0.717, 1.165) is 16.9 Å². The summed E-state index contributed by atoms with van der Waals surface area (Å²) in [5.74, 6) is 0.412. The molecule has 6 nitrogen and oxygen atoms in total. The lowest BCUT2D eigenvalue weighted by molar-refractivity contribution is -0.124. The first kappa shape index (κ1) is 21.0. The highest BCUT2D eigenvalue weighted by Gasteiger charge is 2.19. The summed E-state index contributed by atoms with van der Waals surface area (Å²) < 4.78 is 10.5. The molecular weight excluding hydrogens is 320 g/mol. The third-order valence-corrected chi connectivity index (χ3v) is 3.60. The normalized spacial score (nSPS) is 11.1. The first-order valence-corrected chi connectivity index (χ1v) is 8.50. The van der Waals surface area contributed by atoms with Gasteiger partial charge in [0.2, 0.25) is 5.91 Å². The quantitative estimate of drug-likeness (QED) is 0.667. The van der Waals surface area contributed by atoms with Crippen LogP contribution in [-0.4, -0.2) is 45.2 Å². The van der Waals surface area contributed by atoms with Gasteiger partial charge in [-0.15, -0.1) is 0 Å². The Labute approximate surface area is 150 Å². The van der Waals surface area contributed by atoms with Crippen LogP contribution in [0.3, 0.4) is 0 Å². The number of methoxy groups -OCH3 is 1. The van der Waals surface area contributed by atoms with Crippen LogP contribution in [0.1, 0.15) is 38.3 Å². The van der Waals surface area contributed by atoms with E-state index < -0.39 is 0 Å². The van der Waals surface area contributed by atoms with Crippen LogP contribution in [0.5, 0.6) is 5.75 Å². The number of benzene rings is 1. The third kappa shape index (κ3) is 8.03. The van der Waals surface area contributed by atoms with E-state index in [2.05, 4.69) is 37.5 Å². The van der Waals surface area contributed by atoms with E-state index >= 15 is 0 Å². The molecule has 140 valence electrons. The molecule has 0 fully saturated rings. The van der Waals surface area contributed by atoms with Gasteiger partial charge in [0, 0.05) is 26.6 Å². The average Bonchev–Trinajstić information content (AvgIpc) is 2.54. The lowest BCUT2D eigenvalue weighted by atomic mass is 9.85. The van der Waals surface area contributed by atoms with Crippen molar-refractivity contribution in [2.45, 2.75) is 39.5 Å². The molecule has 0 aliphatic carbocycles. The van der Waals surface area contributed by atoms with Crippen molar-refractivity contribution in [2.24, 2.45) is 0 Å². The molecule has 0 aliphatic rings. The maximum Gasteiger partial charge on any atom is 0.258 e. The Hall–Kier alpha value is -2.08. The summed E-state index contributed by atoms with van der Waals surface area (Å²) in [4.78, 5) is 23.3. The molecule has 2 amide bonds. The van der Waals surface area contributed by atoms with Crippen LogP contribution in [0.15, 0.2) is 18.2 Å². The van der Waals surface area contributed by atoms with Crippen LogP contribution in [0.2, 0.25) is 0 Å². The van der Waals surface area contributed by atoms with E-state index in [0.29, 0.717) is 26.1 Å². The minimum atomic E-state index is -0.216. The summed E-state index contributed by atoms with van der Waals surface area (Å²) >= 11 is 0. The number of hydrogen-bond donors (Lipinski definition) is 2. The Kier molecular flexibility index (Phi) is 8.41. The molecule has 0 spiro atoms. The molecule has 0 heterocycles. The molecule has 25 heavy (non-hydrogen) atoms. The molecule has 0 atom stereocenters. The van der Waals surface area contributed by atoms with Crippen LogP contribution in [-0.2, 0) is 19.7 Å². The third-order valence-electron chi connectivity index (χ3n) is 3.60. The van der Waals surface area contributed by atoms with Gasteiger partial charge in [0.15, 0.2) is 6.61 Å². The molecule has 0 unspecified atom stereocenters. The number of rotatable bonds is 9. The summed E-state index contributed by atoms with van der Waals surface area (Å²) in [7, 11) is 1.55. The molecule has 0 aliphatic heterocycles. The highest BCUT2D eigenvalue weighted by Crippen LogP contribution is 2.32. The lowest BCUT2D eigenvalue weighted by Crippen LogP contribution is -2.37. The van der Waals surface area contributed by atoms with Gasteiger partial charge in [-0.25, -0.2) is 0 Å². The fourth-order valence-corrected chi connectivity index (χ4v) is 2.24. The molecule has 1 aromatic carbocycles. The van der Waals surface area contributed by atoms with Gasteiger partial charge in [-0.3, -0.25) is 9.59 Å². The van der Waals surface area contributed by atoms with Gasteiger partial charge in [-0.1, -0.05) is 38.5 Å². The molecule has 2 N–H and O–H groups in total. The summed E-state index contributed by atoms with van der Waals surface area (Å²) in [5.41, 5.74) is 2.17. The Morgan fingerprint density at radius 2 is 1.72 bits per heavy atom. The van der Waals surface area contributed by atoms with Crippen molar-refractivity contribution in [3.05, 3.63) is 29.3 Å². The second-order valence-electron chi connectivity index (χ2n) is 6.98. The van der Waals surface area contributed by atoms with Gasteiger partial charge in [0.1, 0.15) is 5.75 Å². The van der Waals surface area contributed by atoms with Crippen LogP contribution in [0.25, 0.3) is 0 Å². The van der Waals surface area contributed by atoms with Gasteiger partial charge in [-0.05, 0) is 24.0 Å². The Bertz CT molecular complexity index is 579. The predicted octanol–water partition coefficient (Wildman–Crippen LogP) is 1.94. The van der Waals surface area contributed by atoms with Crippen LogP contribution in [0.4, 0.5) is 0 Å². The van der Waals surface area contributed by atoms with E-state index in [1.165, 1.54) is 0 Å². The number of ether oxygens (including phenoxy) is 2. The smallest absolute Gasteiger partial charge is 0.258 e. The van der Waals surface area contributed by atoms with E-state index in [4.69, 9.17) is 9.47 Å². The molecule has 6 heteroatoms. The molecule has 0 radical (unpaired) electrons. The maximum atomic E-state index is 11.9. The molecule has 0 saturated heterocycles. The number of amides is 2. The second kappa shape index (κ2) is 10.0. The first-order chi connectivity index (χ1) is 11.7. The average molecular weight is 350 g/mol. The van der Waals surface area contributed by atoms with Crippen LogP contribution < -0.4 is 15.4 Å². The van der Waals surface area contributed by atoms with Gasteiger partial charge < -0.3 is 20.1 Å². The van der Waals surface area contributed by atoms with E-state index in [9.17, 15) is 9.59 Å². The van der Waals surface area contributed by atoms with Crippen molar-refractivity contribution in [1.29, 1.82) is 0 Å². The Morgan fingerprint density at radius 3 is 2.32 bits per heavy atom.